The molecule has 38 heavy (non-hydrogen) atoms. The third kappa shape index (κ3) is 3.48. The van der Waals surface area contributed by atoms with Crippen molar-refractivity contribution in [3.63, 3.8) is 0 Å². The number of rotatable bonds is 4. The van der Waals surface area contributed by atoms with Gasteiger partial charge < -0.3 is 36.0 Å². The number of nitrogens with zero attached hydrogens (tertiary/aromatic N) is 1. The maximum atomic E-state index is 13.7. The number of ether oxygens (including phenoxy) is 1. The molecule has 0 bridgehead atoms. The molecule has 3 aliphatic rings. The smallest absolute Gasteiger partial charge is 0.330 e. The zero-order valence-corrected chi connectivity index (χ0v) is 21.0. The van der Waals surface area contributed by atoms with Crippen molar-refractivity contribution in [2.45, 2.75) is 30.6 Å². The van der Waals surface area contributed by atoms with Gasteiger partial charge in [-0.25, -0.2) is 4.79 Å². The van der Waals surface area contributed by atoms with Crippen LogP contribution in [0.3, 0.4) is 0 Å². The van der Waals surface area contributed by atoms with Gasteiger partial charge in [0.15, 0.2) is 11.4 Å². The molecule has 6 atom stereocenters. The number of ketones is 2. The molecular weight excluding hydrogens is 500 g/mol. The normalized spacial score (nSPS) is 30.9. The molecule has 202 valence electrons. The monoisotopic (exact) mass is 528 g/mol. The van der Waals surface area contributed by atoms with Crippen molar-refractivity contribution in [1.82, 2.24) is 4.90 Å². The number of aliphatic hydroxyl groups is 4. The molecule has 0 unspecified atom stereocenters. The fraction of sp³-hybridized carbons (Fsp3) is 0.385. The maximum Gasteiger partial charge on any atom is 0.330 e. The summed E-state index contributed by atoms with van der Waals surface area (Å²) in [5.74, 6) is -10.4. The van der Waals surface area contributed by atoms with Crippen LogP contribution >= 0.6 is 0 Å². The van der Waals surface area contributed by atoms with Crippen LogP contribution < -0.4 is 5.73 Å². The number of aliphatic hydroxyl groups excluding tert-OH is 3. The molecule has 3 aliphatic carbocycles. The van der Waals surface area contributed by atoms with Gasteiger partial charge in [-0.3, -0.25) is 19.3 Å². The van der Waals surface area contributed by atoms with E-state index < -0.39 is 87.4 Å². The Kier molecular flexibility index (Phi) is 6.46. The van der Waals surface area contributed by atoms with E-state index in [-0.39, 0.29) is 11.1 Å². The summed E-state index contributed by atoms with van der Waals surface area (Å²) in [6.45, 7) is 1.63. The number of amides is 1. The highest BCUT2D eigenvalue weighted by Gasteiger charge is 2.67. The number of carbonyl (C=O) groups excluding carboxylic acids is 4. The number of nitrogens with two attached hydrogens (primary N) is 1. The Bertz CT molecular complexity index is 1370. The van der Waals surface area contributed by atoms with E-state index in [0.29, 0.717) is 5.56 Å². The number of primary amides is 1. The van der Waals surface area contributed by atoms with E-state index in [4.69, 9.17) is 5.73 Å². The van der Waals surface area contributed by atoms with E-state index in [0.717, 1.165) is 6.08 Å². The van der Waals surface area contributed by atoms with Crippen LogP contribution in [0.25, 0.3) is 6.08 Å². The minimum absolute atomic E-state index is 0.0754. The SMILES string of the molecule is COC(=O)/C=C/c1ccc2c(c1O)C(=O)C1=C(O)[C@]3(O)C(=O)C(C(N)=O)=C(O)[C@@H](N(C)C)[C@@H]3[C@@H](O)[C@@H]1[C@H]2C. The molecule has 0 aromatic heterocycles. The van der Waals surface area contributed by atoms with Gasteiger partial charge in [0.25, 0.3) is 5.91 Å². The Morgan fingerprint density at radius 2 is 1.79 bits per heavy atom. The van der Waals surface area contributed by atoms with Crippen LogP contribution in [0.2, 0.25) is 0 Å². The Hall–Kier alpha value is -4.00. The summed E-state index contributed by atoms with van der Waals surface area (Å²) in [6, 6.07) is 1.65. The lowest BCUT2D eigenvalue weighted by atomic mass is 9.55. The number of esters is 1. The maximum absolute atomic E-state index is 13.7. The molecule has 1 aromatic rings. The molecule has 0 heterocycles. The fourth-order valence-electron chi connectivity index (χ4n) is 6.00. The number of fused-ring (bicyclic) bond motifs is 3. The van der Waals surface area contributed by atoms with Gasteiger partial charge in [-0.1, -0.05) is 19.1 Å². The zero-order chi connectivity index (χ0) is 28.4. The molecule has 12 nitrogen and oxygen atoms in total. The second kappa shape index (κ2) is 9.08. The van der Waals surface area contributed by atoms with Gasteiger partial charge in [0.1, 0.15) is 22.8 Å². The van der Waals surface area contributed by atoms with Crippen molar-refractivity contribution < 1.29 is 49.4 Å². The predicted molar refractivity (Wildman–Crippen MR) is 131 cm³/mol. The standard InChI is InChI=1S/C26H28N2O10/c1-9-11-7-5-10(6-8-12(29)38-4)19(30)14(11)20(31)15-13(9)21(32)17-18(28(2)3)22(33)16(25(27)36)24(35)26(17,37)23(15)34/h5-9,13,17-18,21,30,32-34,37H,1-4H3,(H2,27,36)/b8-6+/t9-,13+,17+,18-,21-,26-/m0/s1. The van der Waals surface area contributed by atoms with E-state index in [1.165, 1.54) is 44.3 Å². The first-order valence-corrected chi connectivity index (χ1v) is 11.7. The van der Waals surface area contributed by atoms with Crippen LogP contribution in [-0.4, -0.2) is 92.8 Å². The molecule has 0 saturated heterocycles. The van der Waals surface area contributed by atoms with Crippen LogP contribution in [0.5, 0.6) is 5.75 Å². The van der Waals surface area contributed by atoms with Crippen molar-refractivity contribution in [3.8, 4) is 5.75 Å². The molecule has 7 N–H and O–H groups in total. The Morgan fingerprint density at radius 3 is 2.34 bits per heavy atom. The van der Waals surface area contributed by atoms with Crippen molar-refractivity contribution in [2.24, 2.45) is 17.6 Å². The Morgan fingerprint density at radius 1 is 1.16 bits per heavy atom. The largest absolute Gasteiger partial charge is 0.510 e. The van der Waals surface area contributed by atoms with Crippen molar-refractivity contribution in [3.05, 3.63) is 57.6 Å². The number of benzene rings is 1. The van der Waals surface area contributed by atoms with E-state index in [1.54, 1.807) is 6.92 Å². The van der Waals surface area contributed by atoms with E-state index >= 15 is 0 Å². The number of aromatic hydroxyl groups is 1. The Balaban J connectivity index is 1.98. The highest BCUT2D eigenvalue weighted by atomic mass is 16.5. The Labute approximate surface area is 216 Å². The lowest BCUT2D eigenvalue weighted by molar-refractivity contribution is -0.162. The number of likely N-dealkylation sites (N-methyl/N-ethyl adjacent to an activating group) is 1. The molecule has 0 fully saturated rings. The molecule has 4 rings (SSSR count). The van der Waals surface area contributed by atoms with Crippen molar-refractivity contribution in [2.75, 3.05) is 21.2 Å². The molecule has 0 radical (unpaired) electrons. The van der Waals surface area contributed by atoms with Crippen molar-refractivity contribution in [1.29, 1.82) is 0 Å². The van der Waals surface area contributed by atoms with E-state index in [9.17, 15) is 44.7 Å². The summed E-state index contributed by atoms with van der Waals surface area (Å²) in [5, 5.41) is 56.3. The minimum Gasteiger partial charge on any atom is -0.510 e. The van der Waals surface area contributed by atoms with Gasteiger partial charge in [0.05, 0.1) is 30.7 Å². The van der Waals surface area contributed by atoms with Gasteiger partial charge in [0.2, 0.25) is 5.78 Å². The molecule has 0 aliphatic heterocycles. The topological polar surface area (TPSA) is 208 Å². The minimum atomic E-state index is -2.98. The third-order valence-corrected chi connectivity index (χ3v) is 7.76. The molecule has 1 aromatic carbocycles. The second-order valence-corrected chi connectivity index (χ2v) is 9.87. The molecule has 12 heteroatoms. The number of phenolic OH excluding ortho intramolecular Hbond substituents is 1. The third-order valence-electron chi connectivity index (χ3n) is 7.76. The summed E-state index contributed by atoms with van der Waals surface area (Å²) in [4.78, 5) is 52.0. The highest BCUT2D eigenvalue weighted by Crippen LogP contribution is 2.55. The first kappa shape index (κ1) is 27.0. The fourth-order valence-corrected chi connectivity index (χ4v) is 6.00. The average Bonchev–Trinajstić information content (AvgIpc) is 2.84. The second-order valence-electron chi connectivity index (χ2n) is 9.87. The van der Waals surface area contributed by atoms with Gasteiger partial charge in [-0.15, -0.1) is 0 Å². The predicted octanol–water partition coefficient (Wildman–Crippen LogP) is -0.161. The number of hydrogen-bond acceptors (Lipinski definition) is 11. The van der Waals surface area contributed by atoms with Gasteiger partial charge in [0, 0.05) is 23.1 Å². The quantitative estimate of drug-likeness (QED) is 0.172. The summed E-state index contributed by atoms with van der Waals surface area (Å²) in [5.41, 5.74) is 0.979. The highest BCUT2D eigenvalue weighted by molar-refractivity contribution is 6.25. The van der Waals surface area contributed by atoms with Crippen molar-refractivity contribution >= 4 is 29.5 Å². The van der Waals surface area contributed by atoms with Crippen LogP contribution in [0.4, 0.5) is 0 Å². The molecular formula is C26H28N2O10. The lowest BCUT2D eigenvalue weighted by Gasteiger charge is -2.53. The number of Topliss-reactive ketones (excluding diaryl/α,β-unsaturated/α-hetero) is 2. The summed E-state index contributed by atoms with van der Waals surface area (Å²) >= 11 is 0. The van der Waals surface area contributed by atoms with Crippen LogP contribution in [0, 0.1) is 11.8 Å². The first-order valence-electron chi connectivity index (χ1n) is 11.7. The summed E-state index contributed by atoms with van der Waals surface area (Å²) in [7, 11) is 4.09. The lowest BCUT2D eigenvalue weighted by Crippen LogP contribution is -2.68. The van der Waals surface area contributed by atoms with Crippen LogP contribution in [-0.2, 0) is 19.1 Å². The average molecular weight is 529 g/mol. The summed E-state index contributed by atoms with van der Waals surface area (Å²) in [6.07, 6.45) is 0.576. The number of phenols is 1. The number of methoxy groups -OCH3 is 1. The molecule has 0 saturated carbocycles. The van der Waals surface area contributed by atoms with Crippen LogP contribution in [0.1, 0.15) is 34.3 Å². The van der Waals surface area contributed by atoms with E-state index in [2.05, 4.69) is 4.74 Å². The zero-order valence-electron chi connectivity index (χ0n) is 21.0. The molecule has 1 amide bonds. The van der Waals surface area contributed by atoms with Crippen LogP contribution in [0.15, 0.2) is 40.9 Å². The first-order chi connectivity index (χ1) is 17.7. The van der Waals surface area contributed by atoms with Gasteiger partial charge >= 0.3 is 5.97 Å². The van der Waals surface area contributed by atoms with E-state index in [1.807, 2.05) is 0 Å². The number of hydrogen-bond donors (Lipinski definition) is 6. The summed E-state index contributed by atoms with van der Waals surface area (Å²) < 4.78 is 4.53. The molecule has 0 spiro atoms. The van der Waals surface area contributed by atoms with Gasteiger partial charge in [-0.05, 0) is 31.7 Å². The number of carbonyl (C=O) groups is 4. The van der Waals surface area contributed by atoms with Gasteiger partial charge in [-0.2, -0.15) is 0 Å².